The minimum atomic E-state index is -0.648. The van der Waals surface area contributed by atoms with Crippen LogP contribution in [0.4, 0.5) is 0 Å². The molecule has 5 heteroatoms. The predicted molar refractivity (Wildman–Crippen MR) is 102 cm³/mol. The Morgan fingerprint density at radius 1 is 1.08 bits per heavy atom. The highest BCUT2D eigenvalue weighted by atomic mass is 32.2. The van der Waals surface area contributed by atoms with E-state index in [1.54, 1.807) is 36.0 Å². The van der Waals surface area contributed by atoms with E-state index in [-0.39, 0.29) is 12.5 Å². The summed E-state index contributed by atoms with van der Waals surface area (Å²) in [4.78, 5) is 24.7. The summed E-state index contributed by atoms with van der Waals surface area (Å²) in [6.45, 7) is 2.21. The first-order valence-electron chi connectivity index (χ1n) is 8.17. The normalized spacial score (nSPS) is 11.6. The largest absolute Gasteiger partial charge is 0.459 e. The number of hydrogen-bond acceptors (Lipinski definition) is 4. The lowest BCUT2D eigenvalue weighted by Crippen LogP contribution is -2.42. The highest BCUT2D eigenvalue weighted by Gasteiger charge is 2.22. The Balaban J connectivity index is 1.96. The van der Waals surface area contributed by atoms with Gasteiger partial charge in [-0.05, 0) is 43.0 Å². The third kappa shape index (κ3) is 6.27. The van der Waals surface area contributed by atoms with Gasteiger partial charge in [0.1, 0.15) is 12.6 Å². The van der Waals surface area contributed by atoms with Crippen LogP contribution in [0, 0.1) is 6.92 Å². The number of benzene rings is 2. The molecule has 4 nitrogen and oxygen atoms in total. The van der Waals surface area contributed by atoms with Gasteiger partial charge in [0, 0.05) is 5.56 Å². The third-order valence-corrected chi connectivity index (χ3v) is 4.38. The number of esters is 1. The molecule has 2 aromatic carbocycles. The molecule has 0 spiro atoms. The van der Waals surface area contributed by atoms with Crippen LogP contribution in [-0.2, 0) is 16.1 Å². The highest BCUT2D eigenvalue weighted by molar-refractivity contribution is 7.98. The van der Waals surface area contributed by atoms with Crippen LogP contribution in [0.15, 0.2) is 54.6 Å². The molecule has 0 aliphatic rings. The number of ether oxygens (including phenoxy) is 1. The van der Waals surface area contributed by atoms with Crippen LogP contribution in [0.2, 0.25) is 0 Å². The standard InChI is InChI=1S/C20H23NO3S/c1-15-8-10-16(11-9-15)14-24-20(23)18(12-13-25-2)21-19(22)17-6-4-3-5-7-17/h3-11,18H,12-14H2,1-2H3,(H,21,22)/t18-/m1/s1. The number of carbonyl (C=O) groups is 2. The average Bonchev–Trinajstić information content (AvgIpc) is 2.65. The molecule has 1 atom stereocenters. The maximum Gasteiger partial charge on any atom is 0.329 e. The zero-order valence-electron chi connectivity index (χ0n) is 14.5. The van der Waals surface area contributed by atoms with Gasteiger partial charge in [0.25, 0.3) is 5.91 Å². The van der Waals surface area contributed by atoms with E-state index in [0.29, 0.717) is 12.0 Å². The van der Waals surface area contributed by atoms with E-state index in [2.05, 4.69) is 5.32 Å². The van der Waals surface area contributed by atoms with E-state index in [1.165, 1.54) is 0 Å². The summed E-state index contributed by atoms with van der Waals surface area (Å²) in [5.41, 5.74) is 2.61. The van der Waals surface area contributed by atoms with Gasteiger partial charge in [-0.1, -0.05) is 48.0 Å². The zero-order chi connectivity index (χ0) is 18.1. The summed E-state index contributed by atoms with van der Waals surface area (Å²) in [5, 5.41) is 2.79. The second-order valence-corrected chi connectivity index (χ2v) is 6.75. The zero-order valence-corrected chi connectivity index (χ0v) is 15.3. The molecule has 0 aliphatic carbocycles. The SMILES string of the molecule is CSCC[C@@H](NC(=O)c1ccccc1)C(=O)OCc1ccc(C)cc1. The van der Waals surface area contributed by atoms with Crippen molar-refractivity contribution in [1.29, 1.82) is 0 Å². The van der Waals surface area contributed by atoms with Crippen molar-refractivity contribution in [2.75, 3.05) is 12.0 Å². The maximum atomic E-state index is 12.4. The number of rotatable bonds is 8. The topological polar surface area (TPSA) is 55.4 Å². The van der Waals surface area contributed by atoms with Gasteiger partial charge in [0.15, 0.2) is 0 Å². The number of aryl methyl sites for hydroxylation is 1. The minimum Gasteiger partial charge on any atom is -0.459 e. The Morgan fingerprint density at radius 3 is 2.40 bits per heavy atom. The average molecular weight is 357 g/mol. The van der Waals surface area contributed by atoms with Gasteiger partial charge in [-0.2, -0.15) is 11.8 Å². The van der Waals surface area contributed by atoms with Crippen LogP contribution < -0.4 is 5.32 Å². The van der Waals surface area contributed by atoms with E-state index in [9.17, 15) is 9.59 Å². The number of carbonyl (C=O) groups excluding carboxylic acids is 2. The monoisotopic (exact) mass is 357 g/mol. The summed E-state index contributed by atoms with van der Waals surface area (Å²) >= 11 is 1.63. The molecular weight excluding hydrogens is 334 g/mol. The Kier molecular flexibility index (Phi) is 7.54. The Labute approximate surface area is 153 Å². The molecule has 0 radical (unpaired) electrons. The molecule has 1 amide bonds. The maximum absolute atomic E-state index is 12.4. The quantitative estimate of drug-likeness (QED) is 0.734. The molecule has 0 unspecified atom stereocenters. The Hall–Kier alpha value is -2.27. The molecule has 0 heterocycles. The first-order chi connectivity index (χ1) is 12.1. The van der Waals surface area contributed by atoms with E-state index >= 15 is 0 Å². The van der Waals surface area contributed by atoms with Crippen molar-refractivity contribution >= 4 is 23.6 Å². The van der Waals surface area contributed by atoms with Gasteiger partial charge in [-0.15, -0.1) is 0 Å². The van der Waals surface area contributed by atoms with Gasteiger partial charge in [0.05, 0.1) is 0 Å². The molecule has 0 fully saturated rings. The van der Waals surface area contributed by atoms with Crippen LogP contribution >= 0.6 is 11.8 Å². The molecule has 1 N–H and O–H groups in total. The van der Waals surface area contributed by atoms with Crippen LogP contribution in [0.3, 0.4) is 0 Å². The molecule has 2 aromatic rings. The number of nitrogens with one attached hydrogen (secondary N) is 1. The highest BCUT2D eigenvalue weighted by Crippen LogP contribution is 2.09. The summed E-state index contributed by atoms with van der Waals surface area (Å²) < 4.78 is 5.40. The molecule has 0 bridgehead atoms. The minimum absolute atomic E-state index is 0.204. The van der Waals surface area contributed by atoms with Crippen LogP contribution in [0.25, 0.3) is 0 Å². The van der Waals surface area contributed by atoms with Crippen molar-refractivity contribution in [1.82, 2.24) is 5.32 Å². The molecule has 25 heavy (non-hydrogen) atoms. The van der Waals surface area contributed by atoms with Gasteiger partial charge >= 0.3 is 5.97 Å². The van der Waals surface area contributed by atoms with Gasteiger partial charge in [-0.25, -0.2) is 4.79 Å². The second-order valence-electron chi connectivity index (χ2n) is 5.77. The van der Waals surface area contributed by atoms with E-state index < -0.39 is 12.0 Å². The molecule has 0 saturated heterocycles. The van der Waals surface area contributed by atoms with Crippen LogP contribution in [-0.4, -0.2) is 29.9 Å². The number of thioether (sulfide) groups is 1. The first-order valence-corrected chi connectivity index (χ1v) is 9.56. The van der Waals surface area contributed by atoms with Gasteiger partial charge in [-0.3, -0.25) is 4.79 Å². The number of amides is 1. The van der Waals surface area contributed by atoms with Gasteiger partial charge < -0.3 is 10.1 Å². The second kappa shape index (κ2) is 9.89. The molecule has 2 rings (SSSR count). The van der Waals surface area contributed by atoms with Gasteiger partial charge in [0.2, 0.25) is 0 Å². The van der Waals surface area contributed by atoms with E-state index in [0.717, 1.165) is 16.9 Å². The Morgan fingerprint density at radius 2 is 1.76 bits per heavy atom. The molecule has 0 saturated carbocycles. The third-order valence-electron chi connectivity index (χ3n) is 3.74. The number of hydrogen-bond donors (Lipinski definition) is 1. The van der Waals surface area contributed by atoms with E-state index in [1.807, 2.05) is 43.5 Å². The van der Waals surface area contributed by atoms with Crippen molar-refractivity contribution in [3.63, 3.8) is 0 Å². The van der Waals surface area contributed by atoms with Crippen molar-refractivity contribution in [3.8, 4) is 0 Å². The lowest BCUT2D eigenvalue weighted by Gasteiger charge is -2.17. The molecular formula is C20H23NO3S. The molecule has 0 aromatic heterocycles. The van der Waals surface area contributed by atoms with Crippen molar-refractivity contribution < 1.29 is 14.3 Å². The Bertz CT molecular complexity index is 686. The summed E-state index contributed by atoms with van der Waals surface area (Å²) in [6, 6.07) is 16.0. The molecule has 132 valence electrons. The summed E-state index contributed by atoms with van der Waals surface area (Å²) in [7, 11) is 0. The fourth-order valence-electron chi connectivity index (χ4n) is 2.26. The molecule has 0 aliphatic heterocycles. The fourth-order valence-corrected chi connectivity index (χ4v) is 2.73. The van der Waals surface area contributed by atoms with Crippen molar-refractivity contribution in [2.45, 2.75) is 26.0 Å². The van der Waals surface area contributed by atoms with Crippen molar-refractivity contribution in [2.24, 2.45) is 0 Å². The van der Waals surface area contributed by atoms with E-state index in [4.69, 9.17) is 4.74 Å². The van der Waals surface area contributed by atoms with Crippen LogP contribution in [0.1, 0.15) is 27.9 Å². The predicted octanol–water partition coefficient (Wildman–Crippen LogP) is 3.59. The summed E-state index contributed by atoms with van der Waals surface area (Å²) in [5.74, 6) is 0.0946. The summed E-state index contributed by atoms with van der Waals surface area (Å²) in [6.07, 6.45) is 2.50. The van der Waals surface area contributed by atoms with Crippen molar-refractivity contribution in [3.05, 3.63) is 71.3 Å². The van der Waals surface area contributed by atoms with Crippen LogP contribution in [0.5, 0.6) is 0 Å². The lowest BCUT2D eigenvalue weighted by molar-refractivity contribution is -0.147. The lowest BCUT2D eigenvalue weighted by atomic mass is 10.1. The smallest absolute Gasteiger partial charge is 0.329 e. The first kappa shape index (κ1) is 19.1. The fraction of sp³-hybridized carbons (Fsp3) is 0.300.